The highest BCUT2D eigenvalue weighted by atomic mass is 35.5. The van der Waals surface area contributed by atoms with Crippen molar-refractivity contribution in [2.45, 2.75) is 6.54 Å². The summed E-state index contributed by atoms with van der Waals surface area (Å²) < 4.78 is 1.69. The van der Waals surface area contributed by atoms with E-state index in [-0.39, 0.29) is 0 Å². The topological polar surface area (TPSA) is 47.1 Å². The molecule has 0 fully saturated rings. The number of hydrogen-bond acceptors (Lipinski definition) is 3. The van der Waals surface area contributed by atoms with E-state index in [0.717, 1.165) is 5.56 Å². The minimum Gasteiger partial charge on any atom is -0.383 e. The highest BCUT2D eigenvalue weighted by Gasteiger charge is 2.05. The van der Waals surface area contributed by atoms with E-state index in [4.69, 9.17) is 17.3 Å². The highest BCUT2D eigenvalue weighted by Crippen LogP contribution is 2.19. The van der Waals surface area contributed by atoms with Crippen molar-refractivity contribution in [1.82, 2.24) is 9.78 Å². The Hall–Kier alpha value is -1.68. The molecular formula is C12H15ClN4. The molecule has 0 amide bonds. The van der Waals surface area contributed by atoms with Gasteiger partial charge in [-0.3, -0.25) is 0 Å². The second kappa shape index (κ2) is 4.67. The van der Waals surface area contributed by atoms with Crippen LogP contribution in [-0.4, -0.2) is 23.9 Å². The first kappa shape index (κ1) is 11.8. The molecule has 2 N–H and O–H groups in total. The first-order valence-electron chi connectivity index (χ1n) is 5.31. The second-order valence-corrected chi connectivity index (χ2v) is 4.50. The molecule has 2 aromatic rings. The zero-order chi connectivity index (χ0) is 12.4. The maximum atomic E-state index is 5.85. The number of aromatic nitrogens is 2. The van der Waals surface area contributed by atoms with Gasteiger partial charge in [0.2, 0.25) is 0 Å². The summed E-state index contributed by atoms with van der Waals surface area (Å²) in [5.41, 5.74) is 8.10. The van der Waals surface area contributed by atoms with Crippen molar-refractivity contribution >= 4 is 23.1 Å². The number of nitrogens with zero attached hydrogens (tertiary/aromatic N) is 3. The van der Waals surface area contributed by atoms with Crippen molar-refractivity contribution in [2.24, 2.45) is 0 Å². The number of nitrogens with two attached hydrogens (primary N) is 1. The first-order chi connectivity index (χ1) is 8.08. The minimum absolute atomic E-state index is 0.495. The summed E-state index contributed by atoms with van der Waals surface area (Å²) in [5, 5.41) is 4.61. The smallest absolute Gasteiger partial charge is 0.140 e. The summed E-state index contributed by atoms with van der Waals surface area (Å²) in [5.74, 6) is 0.503. The maximum Gasteiger partial charge on any atom is 0.140 e. The molecular weight excluding hydrogens is 236 g/mol. The van der Waals surface area contributed by atoms with E-state index in [1.165, 1.54) is 5.69 Å². The Bertz CT molecular complexity index is 502. The summed E-state index contributed by atoms with van der Waals surface area (Å²) in [7, 11) is 4.03. The number of halogens is 1. The largest absolute Gasteiger partial charge is 0.383 e. The molecule has 1 heterocycles. The lowest BCUT2D eigenvalue weighted by Gasteiger charge is -2.12. The Morgan fingerprint density at radius 2 is 1.94 bits per heavy atom. The molecule has 90 valence electrons. The van der Waals surface area contributed by atoms with Crippen LogP contribution in [0.4, 0.5) is 11.5 Å². The quantitative estimate of drug-likeness (QED) is 0.909. The van der Waals surface area contributed by atoms with E-state index in [0.29, 0.717) is 17.4 Å². The van der Waals surface area contributed by atoms with Crippen LogP contribution >= 0.6 is 11.6 Å². The highest BCUT2D eigenvalue weighted by molar-refractivity contribution is 6.32. The first-order valence-corrected chi connectivity index (χ1v) is 5.69. The van der Waals surface area contributed by atoms with Gasteiger partial charge in [-0.2, -0.15) is 5.10 Å². The van der Waals surface area contributed by atoms with Crippen LogP contribution in [0.5, 0.6) is 0 Å². The van der Waals surface area contributed by atoms with Crippen LogP contribution in [-0.2, 0) is 6.54 Å². The van der Waals surface area contributed by atoms with Gasteiger partial charge in [-0.25, -0.2) is 4.68 Å². The molecule has 5 heteroatoms. The Morgan fingerprint density at radius 3 is 2.41 bits per heavy atom. The summed E-state index contributed by atoms with van der Waals surface area (Å²) in [6.07, 6.45) is 1.56. The molecule has 0 atom stereocenters. The molecule has 17 heavy (non-hydrogen) atoms. The third-order valence-electron chi connectivity index (χ3n) is 2.62. The molecule has 0 radical (unpaired) electrons. The molecule has 4 nitrogen and oxygen atoms in total. The maximum absolute atomic E-state index is 5.85. The lowest BCUT2D eigenvalue weighted by atomic mass is 10.2. The van der Waals surface area contributed by atoms with Gasteiger partial charge in [0.1, 0.15) is 10.8 Å². The minimum atomic E-state index is 0.495. The third-order valence-corrected chi connectivity index (χ3v) is 2.91. The molecule has 1 aromatic carbocycles. The van der Waals surface area contributed by atoms with Crippen LogP contribution in [0.2, 0.25) is 5.02 Å². The van der Waals surface area contributed by atoms with E-state index in [1.807, 2.05) is 14.1 Å². The lowest BCUT2D eigenvalue weighted by molar-refractivity contribution is 0.697. The van der Waals surface area contributed by atoms with Gasteiger partial charge in [0.25, 0.3) is 0 Å². The summed E-state index contributed by atoms with van der Waals surface area (Å²) >= 11 is 5.85. The Kier molecular flexibility index (Phi) is 3.24. The molecule has 0 aliphatic heterocycles. The van der Waals surface area contributed by atoms with Gasteiger partial charge in [0.05, 0.1) is 12.7 Å². The van der Waals surface area contributed by atoms with E-state index in [2.05, 4.69) is 34.3 Å². The zero-order valence-corrected chi connectivity index (χ0v) is 10.6. The Morgan fingerprint density at radius 1 is 1.29 bits per heavy atom. The summed E-state index contributed by atoms with van der Waals surface area (Å²) in [4.78, 5) is 2.06. The number of anilines is 2. The van der Waals surface area contributed by atoms with E-state index in [1.54, 1.807) is 10.9 Å². The van der Waals surface area contributed by atoms with Crippen molar-refractivity contribution in [3.05, 3.63) is 41.0 Å². The van der Waals surface area contributed by atoms with E-state index in [9.17, 15) is 0 Å². The number of benzene rings is 1. The molecule has 0 aliphatic rings. The van der Waals surface area contributed by atoms with Gasteiger partial charge in [0, 0.05) is 19.8 Å². The van der Waals surface area contributed by atoms with Gasteiger partial charge in [-0.15, -0.1) is 0 Å². The second-order valence-electron chi connectivity index (χ2n) is 4.10. The van der Waals surface area contributed by atoms with Gasteiger partial charge >= 0.3 is 0 Å². The van der Waals surface area contributed by atoms with Crippen LogP contribution in [0.3, 0.4) is 0 Å². The monoisotopic (exact) mass is 250 g/mol. The van der Waals surface area contributed by atoms with Crippen molar-refractivity contribution < 1.29 is 0 Å². The van der Waals surface area contributed by atoms with Crippen molar-refractivity contribution in [3.63, 3.8) is 0 Å². The Labute approximate surface area is 106 Å². The molecule has 2 rings (SSSR count). The average Bonchev–Trinajstić information content (AvgIpc) is 2.62. The molecule has 0 unspecified atom stereocenters. The summed E-state index contributed by atoms with van der Waals surface area (Å²) in [6, 6.07) is 8.25. The normalized spacial score (nSPS) is 10.5. The van der Waals surface area contributed by atoms with Crippen LogP contribution in [0.25, 0.3) is 0 Å². The van der Waals surface area contributed by atoms with Crippen molar-refractivity contribution in [2.75, 3.05) is 24.7 Å². The van der Waals surface area contributed by atoms with Crippen molar-refractivity contribution in [3.8, 4) is 0 Å². The van der Waals surface area contributed by atoms with Gasteiger partial charge < -0.3 is 10.6 Å². The van der Waals surface area contributed by atoms with Gasteiger partial charge in [0.15, 0.2) is 0 Å². The standard InChI is InChI=1S/C12H15ClN4/c1-16(2)10-5-3-9(4-6-10)8-17-12(14)11(13)7-15-17/h3-7H,8,14H2,1-2H3. The predicted molar refractivity (Wildman–Crippen MR) is 71.5 cm³/mol. The molecule has 0 spiro atoms. The fourth-order valence-electron chi connectivity index (χ4n) is 1.57. The zero-order valence-electron chi connectivity index (χ0n) is 9.89. The summed E-state index contributed by atoms with van der Waals surface area (Å²) in [6.45, 7) is 0.631. The number of rotatable bonds is 3. The van der Waals surface area contributed by atoms with Crippen LogP contribution in [0.1, 0.15) is 5.56 Å². The molecule has 0 saturated carbocycles. The third kappa shape index (κ3) is 2.53. The van der Waals surface area contributed by atoms with E-state index < -0.39 is 0 Å². The van der Waals surface area contributed by atoms with Crippen LogP contribution in [0.15, 0.2) is 30.5 Å². The van der Waals surface area contributed by atoms with Crippen LogP contribution in [0, 0.1) is 0 Å². The number of nitrogen functional groups attached to an aromatic ring is 1. The molecule has 0 bridgehead atoms. The number of hydrogen-bond donors (Lipinski definition) is 1. The van der Waals surface area contributed by atoms with Crippen molar-refractivity contribution in [1.29, 1.82) is 0 Å². The van der Waals surface area contributed by atoms with E-state index >= 15 is 0 Å². The Balaban J connectivity index is 2.17. The molecule has 0 saturated heterocycles. The van der Waals surface area contributed by atoms with Gasteiger partial charge in [-0.05, 0) is 17.7 Å². The lowest BCUT2D eigenvalue weighted by Crippen LogP contribution is -2.09. The molecule has 1 aromatic heterocycles. The van der Waals surface area contributed by atoms with Gasteiger partial charge in [-0.1, -0.05) is 23.7 Å². The fourth-order valence-corrected chi connectivity index (χ4v) is 1.71. The van der Waals surface area contributed by atoms with Crippen LogP contribution < -0.4 is 10.6 Å². The fraction of sp³-hybridized carbons (Fsp3) is 0.250. The average molecular weight is 251 g/mol. The molecule has 0 aliphatic carbocycles. The SMILES string of the molecule is CN(C)c1ccc(Cn2ncc(Cl)c2N)cc1. The predicted octanol–water partition coefficient (Wildman–Crippen LogP) is 2.23.